The van der Waals surface area contributed by atoms with Crippen molar-refractivity contribution in [2.24, 2.45) is 0 Å². The van der Waals surface area contributed by atoms with Crippen molar-refractivity contribution in [1.29, 1.82) is 5.26 Å². The topological polar surface area (TPSA) is 46.5 Å². The molecule has 0 aliphatic rings. The van der Waals surface area contributed by atoms with Crippen LogP contribution >= 0.6 is 0 Å². The van der Waals surface area contributed by atoms with Gasteiger partial charge in [0.25, 0.3) is 0 Å². The van der Waals surface area contributed by atoms with Gasteiger partial charge >= 0.3 is 0 Å². The predicted octanol–water partition coefficient (Wildman–Crippen LogP) is 12.1. The van der Waals surface area contributed by atoms with E-state index in [1.165, 1.54) is 11.1 Å². The number of pyridine rings is 1. The molecular formula is C48H30N4. The van der Waals surface area contributed by atoms with E-state index in [4.69, 9.17) is 4.98 Å². The molecule has 0 unspecified atom stereocenters. The molecule has 0 saturated heterocycles. The van der Waals surface area contributed by atoms with Gasteiger partial charge in [0.05, 0.1) is 57.5 Å². The van der Waals surface area contributed by atoms with Crippen molar-refractivity contribution >= 4 is 43.6 Å². The number of fused-ring (bicyclic) bond motifs is 6. The number of benzene rings is 7. The molecule has 0 bridgehead atoms. The summed E-state index contributed by atoms with van der Waals surface area (Å²) in [6, 6.07) is 62.0. The van der Waals surface area contributed by atoms with Crippen LogP contribution in [0.4, 0.5) is 0 Å². The van der Waals surface area contributed by atoms with Crippen molar-refractivity contribution in [3.63, 3.8) is 0 Å². The lowest BCUT2D eigenvalue weighted by molar-refractivity contribution is 1.09. The molecule has 0 atom stereocenters. The number of nitriles is 1. The van der Waals surface area contributed by atoms with Crippen LogP contribution in [0.25, 0.3) is 88.4 Å². The molecule has 0 radical (unpaired) electrons. The van der Waals surface area contributed by atoms with E-state index in [9.17, 15) is 5.26 Å². The molecule has 0 N–H and O–H groups in total. The molecule has 4 nitrogen and oxygen atoms in total. The maximum absolute atomic E-state index is 10.5. The Bertz CT molecular complexity index is 2840. The molecule has 0 aliphatic carbocycles. The largest absolute Gasteiger partial charge is 0.307 e. The fourth-order valence-electron chi connectivity index (χ4n) is 7.94. The van der Waals surface area contributed by atoms with Crippen LogP contribution in [0.5, 0.6) is 0 Å². The fourth-order valence-corrected chi connectivity index (χ4v) is 7.94. The number of aromatic nitrogens is 3. The summed E-state index contributed by atoms with van der Waals surface area (Å²) in [6.45, 7) is 0. The molecule has 52 heavy (non-hydrogen) atoms. The van der Waals surface area contributed by atoms with E-state index >= 15 is 0 Å². The quantitative estimate of drug-likeness (QED) is 0.184. The second kappa shape index (κ2) is 12.0. The van der Waals surface area contributed by atoms with E-state index < -0.39 is 0 Å². The standard InChI is InChI=1S/C48H30N4/c49-29-36-17-7-8-18-37(36)48-46(51-42-21-11-9-19-38(42)40-27-34(23-25-44(40)51)32-13-3-1-4-14-32)30-50-31-47(48)52-43-22-12-10-20-39(43)41-28-35(24-26-45(41)52)33-15-5-2-6-16-33/h1-28,30-31H. The predicted molar refractivity (Wildman–Crippen MR) is 214 cm³/mol. The Labute approximate surface area is 300 Å². The number of hydrogen-bond donors (Lipinski definition) is 0. The Morgan fingerprint density at radius 3 is 1.37 bits per heavy atom. The van der Waals surface area contributed by atoms with Gasteiger partial charge in [-0.1, -0.05) is 127 Å². The van der Waals surface area contributed by atoms with Gasteiger partial charge in [0.2, 0.25) is 0 Å². The van der Waals surface area contributed by atoms with Crippen LogP contribution in [0.3, 0.4) is 0 Å². The molecule has 3 aromatic heterocycles. The molecule has 7 aromatic carbocycles. The van der Waals surface area contributed by atoms with Crippen molar-refractivity contribution in [2.45, 2.75) is 0 Å². The number of rotatable bonds is 5. The van der Waals surface area contributed by atoms with Crippen LogP contribution in [0.2, 0.25) is 0 Å². The average molecular weight is 663 g/mol. The Morgan fingerprint density at radius 1 is 0.404 bits per heavy atom. The molecule has 0 amide bonds. The highest BCUT2D eigenvalue weighted by atomic mass is 15.0. The zero-order chi connectivity index (χ0) is 34.6. The minimum Gasteiger partial charge on any atom is -0.307 e. The Morgan fingerprint density at radius 2 is 0.846 bits per heavy atom. The smallest absolute Gasteiger partial charge is 0.0998 e. The summed E-state index contributed by atoms with van der Waals surface area (Å²) in [6.07, 6.45) is 3.90. The third kappa shape index (κ3) is 4.57. The van der Waals surface area contributed by atoms with Crippen LogP contribution in [-0.4, -0.2) is 14.1 Å². The molecule has 10 aromatic rings. The Kier molecular flexibility index (Phi) is 6.84. The number of para-hydroxylation sites is 2. The van der Waals surface area contributed by atoms with Gasteiger partial charge in [-0.25, -0.2) is 0 Å². The van der Waals surface area contributed by atoms with E-state index in [0.29, 0.717) is 5.56 Å². The average Bonchev–Trinajstić information content (AvgIpc) is 3.73. The summed E-state index contributed by atoms with van der Waals surface area (Å²) in [4.78, 5) is 4.97. The van der Waals surface area contributed by atoms with E-state index in [2.05, 4.69) is 155 Å². The maximum Gasteiger partial charge on any atom is 0.0998 e. The lowest BCUT2D eigenvalue weighted by Gasteiger charge is -2.20. The van der Waals surface area contributed by atoms with Crippen molar-refractivity contribution in [1.82, 2.24) is 14.1 Å². The summed E-state index contributed by atoms with van der Waals surface area (Å²) in [5.74, 6) is 0. The first kappa shape index (κ1) is 29.7. The first-order valence-corrected chi connectivity index (χ1v) is 17.4. The molecule has 0 fully saturated rings. The van der Waals surface area contributed by atoms with E-state index in [0.717, 1.165) is 77.2 Å². The first-order chi connectivity index (χ1) is 25.8. The molecule has 0 spiro atoms. The zero-order valence-electron chi connectivity index (χ0n) is 28.1. The van der Waals surface area contributed by atoms with E-state index in [1.54, 1.807) is 0 Å². The minimum atomic E-state index is 0.607. The van der Waals surface area contributed by atoms with Crippen LogP contribution in [0.1, 0.15) is 5.56 Å². The molecule has 3 heterocycles. The van der Waals surface area contributed by atoms with Gasteiger partial charge in [0, 0.05) is 32.7 Å². The monoisotopic (exact) mass is 662 g/mol. The molecule has 10 rings (SSSR count). The van der Waals surface area contributed by atoms with Crippen molar-refractivity contribution < 1.29 is 0 Å². The lowest BCUT2D eigenvalue weighted by Crippen LogP contribution is -2.05. The normalized spacial score (nSPS) is 11.4. The number of hydrogen-bond acceptors (Lipinski definition) is 2. The summed E-state index contributed by atoms with van der Waals surface area (Å²) >= 11 is 0. The summed E-state index contributed by atoms with van der Waals surface area (Å²) < 4.78 is 4.64. The summed E-state index contributed by atoms with van der Waals surface area (Å²) in [5, 5.41) is 15.1. The zero-order valence-corrected chi connectivity index (χ0v) is 28.1. The van der Waals surface area contributed by atoms with Gasteiger partial charge in [-0.2, -0.15) is 5.26 Å². The molecule has 4 heteroatoms. The third-order valence-electron chi connectivity index (χ3n) is 10.3. The fraction of sp³-hybridized carbons (Fsp3) is 0. The van der Waals surface area contributed by atoms with Crippen LogP contribution in [-0.2, 0) is 0 Å². The highest BCUT2D eigenvalue weighted by Gasteiger charge is 2.24. The van der Waals surface area contributed by atoms with Gasteiger partial charge in [0.15, 0.2) is 0 Å². The van der Waals surface area contributed by atoms with Gasteiger partial charge < -0.3 is 9.13 Å². The molecular weight excluding hydrogens is 633 g/mol. The minimum absolute atomic E-state index is 0.607. The van der Waals surface area contributed by atoms with E-state index in [1.807, 2.05) is 42.7 Å². The summed E-state index contributed by atoms with van der Waals surface area (Å²) in [5.41, 5.74) is 13.2. The van der Waals surface area contributed by atoms with Crippen molar-refractivity contribution in [3.8, 4) is 50.8 Å². The molecule has 0 aliphatic heterocycles. The molecule has 0 saturated carbocycles. The second-order valence-corrected chi connectivity index (χ2v) is 13.1. The Balaban J connectivity index is 1.31. The summed E-state index contributed by atoms with van der Waals surface area (Å²) in [7, 11) is 0. The highest BCUT2D eigenvalue weighted by molar-refractivity contribution is 6.13. The van der Waals surface area contributed by atoms with Crippen LogP contribution in [0, 0.1) is 11.3 Å². The van der Waals surface area contributed by atoms with Gasteiger partial charge in [-0.15, -0.1) is 0 Å². The lowest BCUT2D eigenvalue weighted by atomic mass is 9.97. The van der Waals surface area contributed by atoms with Crippen molar-refractivity contribution in [2.75, 3.05) is 0 Å². The molecule has 242 valence electrons. The second-order valence-electron chi connectivity index (χ2n) is 13.1. The third-order valence-corrected chi connectivity index (χ3v) is 10.3. The highest BCUT2D eigenvalue weighted by Crippen LogP contribution is 2.43. The van der Waals surface area contributed by atoms with E-state index in [-0.39, 0.29) is 0 Å². The van der Waals surface area contributed by atoms with Crippen LogP contribution in [0.15, 0.2) is 182 Å². The number of nitrogens with zero attached hydrogens (tertiary/aromatic N) is 4. The Hall–Kier alpha value is -7.22. The van der Waals surface area contributed by atoms with Gasteiger partial charge in [-0.3, -0.25) is 4.98 Å². The van der Waals surface area contributed by atoms with Crippen molar-refractivity contribution in [3.05, 3.63) is 188 Å². The SMILES string of the molecule is N#Cc1ccccc1-c1c(-n2c3ccccc3c3cc(-c4ccccc4)ccc32)cncc1-n1c2ccccc2c2cc(-c3ccccc3)ccc21. The first-order valence-electron chi connectivity index (χ1n) is 17.4. The maximum atomic E-state index is 10.5. The van der Waals surface area contributed by atoms with Crippen LogP contribution < -0.4 is 0 Å². The van der Waals surface area contributed by atoms with Gasteiger partial charge in [-0.05, 0) is 64.7 Å². The van der Waals surface area contributed by atoms with Gasteiger partial charge in [0.1, 0.15) is 0 Å².